The fourth-order valence-corrected chi connectivity index (χ4v) is 3.09. The number of nitrogens with two attached hydrogens (primary N) is 1. The molecule has 2 heterocycles. The third-order valence-electron chi connectivity index (χ3n) is 3.18. The smallest absolute Gasteiger partial charge is 0.185 e. The van der Waals surface area contributed by atoms with Gasteiger partial charge >= 0.3 is 0 Å². The SMILES string of the molecule is Cc1nc(N(C)CC2CCCOC2)sc1CN. The summed E-state index contributed by atoms with van der Waals surface area (Å²) in [5.74, 6) is 0.638. The molecule has 1 aliphatic heterocycles. The molecular formula is C12H21N3OS. The van der Waals surface area contributed by atoms with Crippen molar-refractivity contribution < 1.29 is 4.74 Å². The second-order valence-corrected chi connectivity index (χ2v) is 5.73. The maximum absolute atomic E-state index is 5.68. The molecular weight excluding hydrogens is 234 g/mol. The number of anilines is 1. The van der Waals surface area contributed by atoms with Crippen LogP contribution in [0.5, 0.6) is 0 Å². The van der Waals surface area contributed by atoms with Gasteiger partial charge in [-0.15, -0.1) is 11.3 Å². The lowest BCUT2D eigenvalue weighted by molar-refractivity contribution is 0.0576. The van der Waals surface area contributed by atoms with Crippen molar-refractivity contribution >= 4 is 16.5 Å². The fourth-order valence-electron chi connectivity index (χ4n) is 2.18. The molecule has 0 radical (unpaired) electrons. The predicted octanol–water partition coefficient (Wildman–Crippen LogP) is 1.77. The molecule has 2 N–H and O–H groups in total. The van der Waals surface area contributed by atoms with Gasteiger partial charge in [-0.3, -0.25) is 0 Å². The highest BCUT2D eigenvalue weighted by atomic mass is 32.1. The molecule has 0 amide bonds. The Bertz CT molecular complexity index is 361. The molecule has 2 rings (SSSR count). The summed E-state index contributed by atoms with van der Waals surface area (Å²) in [6, 6.07) is 0. The molecule has 1 aromatic rings. The zero-order chi connectivity index (χ0) is 12.3. The maximum Gasteiger partial charge on any atom is 0.185 e. The third-order valence-corrected chi connectivity index (χ3v) is 4.47. The van der Waals surface area contributed by atoms with E-state index in [4.69, 9.17) is 10.5 Å². The Hall–Kier alpha value is -0.650. The first-order valence-electron chi connectivity index (χ1n) is 6.16. The summed E-state index contributed by atoms with van der Waals surface area (Å²) in [5, 5.41) is 1.08. The summed E-state index contributed by atoms with van der Waals surface area (Å²) in [6.45, 7) is 5.45. The summed E-state index contributed by atoms with van der Waals surface area (Å²) in [7, 11) is 2.10. The second kappa shape index (κ2) is 5.80. The quantitative estimate of drug-likeness (QED) is 0.891. The van der Waals surface area contributed by atoms with Crippen molar-refractivity contribution in [1.82, 2.24) is 4.98 Å². The number of aromatic nitrogens is 1. The number of hydrogen-bond acceptors (Lipinski definition) is 5. The summed E-state index contributed by atoms with van der Waals surface area (Å²) in [4.78, 5) is 7.99. The van der Waals surface area contributed by atoms with Crippen LogP contribution in [0.1, 0.15) is 23.4 Å². The fraction of sp³-hybridized carbons (Fsp3) is 0.750. The first kappa shape index (κ1) is 12.8. The third kappa shape index (κ3) is 3.18. The van der Waals surface area contributed by atoms with Crippen LogP contribution in [0.15, 0.2) is 0 Å². The van der Waals surface area contributed by atoms with E-state index in [1.54, 1.807) is 11.3 Å². The molecule has 0 spiro atoms. The van der Waals surface area contributed by atoms with Crippen molar-refractivity contribution in [3.05, 3.63) is 10.6 Å². The van der Waals surface area contributed by atoms with E-state index in [1.807, 2.05) is 6.92 Å². The highest BCUT2D eigenvalue weighted by Crippen LogP contribution is 2.26. The zero-order valence-corrected chi connectivity index (χ0v) is 11.4. The van der Waals surface area contributed by atoms with Crippen LogP contribution in [0, 0.1) is 12.8 Å². The van der Waals surface area contributed by atoms with Gasteiger partial charge in [-0.25, -0.2) is 4.98 Å². The molecule has 0 saturated carbocycles. The summed E-state index contributed by atoms with van der Waals surface area (Å²) in [6.07, 6.45) is 2.45. The molecule has 1 fully saturated rings. The average Bonchev–Trinajstić information content (AvgIpc) is 2.72. The monoisotopic (exact) mass is 255 g/mol. The molecule has 0 bridgehead atoms. The number of ether oxygens (including phenoxy) is 1. The molecule has 17 heavy (non-hydrogen) atoms. The summed E-state index contributed by atoms with van der Waals surface area (Å²) >= 11 is 1.71. The van der Waals surface area contributed by atoms with Gasteiger partial charge in [0.25, 0.3) is 0 Å². The number of hydrogen-bond donors (Lipinski definition) is 1. The van der Waals surface area contributed by atoms with E-state index >= 15 is 0 Å². The number of aryl methyl sites for hydroxylation is 1. The van der Waals surface area contributed by atoms with Crippen LogP contribution in [-0.4, -0.2) is 31.8 Å². The van der Waals surface area contributed by atoms with Gasteiger partial charge in [0.15, 0.2) is 5.13 Å². The lowest BCUT2D eigenvalue weighted by atomic mass is 10.0. The molecule has 1 unspecified atom stereocenters. The molecule has 0 aromatic carbocycles. The van der Waals surface area contributed by atoms with E-state index in [-0.39, 0.29) is 0 Å². The van der Waals surface area contributed by atoms with Gasteiger partial charge in [-0.05, 0) is 25.7 Å². The molecule has 0 aliphatic carbocycles. The Kier molecular flexibility index (Phi) is 4.36. The molecule has 5 heteroatoms. The van der Waals surface area contributed by atoms with Crippen LogP contribution >= 0.6 is 11.3 Å². The van der Waals surface area contributed by atoms with Crippen molar-refractivity contribution in [2.75, 3.05) is 31.7 Å². The van der Waals surface area contributed by atoms with Gasteiger partial charge in [0.2, 0.25) is 0 Å². The molecule has 1 aliphatic rings. The summed E-state index contributed by atoms with van der Waals surface area (Å²) in [5.41, 5.74) is 6.75. The number of rotatable bonds is 4. The van der Waals surface area contributed by atoms with Gasteiger partial charge < -0.3 is 15.4 Å². The van der Waals surface area contributed by atoms with Crippen LogP contribution in [0.25, 0.3) is 0 Å². The Morgan fingerprint density at radius 3 is 3.00 bits per heavy atom. The first-order valence-corrected chi connectivity index (χ1v) is 6.97. The van der Waals surface area contributed by atoms with Crippen LogP contribution < -0.4 is 10.6 Å². The van der Waals surface area contributed by atoms with Gasteiger partial charge in [0.1, 0.15) is 0 Å². The Morgan fingerprint density at radius 2 is 2.41 bits per heavy atom. The van der Waals surface area contributed by atoms with Crippen molar-refractivity contribution in [3.8, 4) is 0 Å². The molecule has 1 saturated heterocycles. The minimum absolute atomic E-state index is 0.587. The first-order chi connectivity index (χ1) is 8.20. The topological polar surface area (TPSA) is 51.4 Å². The minimum atomic E-state index is 0.587. The Morgan fingerprint density at radius 1 is 1.59 bits per heavy atom. The number of thiazole rings is 1. The number of nitrogens with zero attached hydrogens (tertiary/aromatic N) is 2. The van der Waals surface area contributed by atoms with E-state index in [0.29, 0.717) is 12.5 Å². The second-order valence-electron chi connectivity index (χ2n) is 4.67. The Balaban J connectivity index is 1.95. The normalized spacial score (nSPS) is 20.5. The van der Waals surface area contributed by atoms with E-state index in [2.05, 4.69) is 16.9 Å². The molecule has 1 atom stereocenters. The van der Waals surface area contributed by atoms with E-state index in [0.717, 1.165) is 30.6 Å². The van der Waals surface area contributed by atoms with E-state index in [9.17, 15) is 0 Å². The zero-order valence-electron chi connectivity index (χ0n) is 10.6. The average molecular weight is 255 g/mol. The minimum Gasteiger partial charge on any atom is -0.381 e. The highest BCUT2D eigenvalue weighted by Gasteiger charge is 2.18. The lowest BCUT2D eigenvalue weighted by Gasteiger charge is -2.26. The van der Waals surface area contributed by atoms with Crippen molar-refractivity contribution in [1.29, 1.82) is 0 Å². The molecule has 1 aromatic heterocycles. The lowest BCUT2D eigenvalue weighted by Crippen LogP contribution is -2.30. The molecule has 4 nitrogen and oxygen atoms in total. The van der Waals surface area contributed by atoms with Crippen molar-refractivity contribution in [3.63, 3.8) is 0 Å². The van der Waals surface area contributed by atoms with Crippen LogP contribution in [0.4, 0.5) is 5.13 Å². The van der Waals surface area contributed by atoms with Crippen LogP contribution in [0.2, 0.25) is 0 Å². The van der Waals surface area contributed by atoms with Gasteiger partial charge in [0, 0.05) is 31.6 Å². The van der Waals surface area contributed by atoms with Crippen molar-refractivity contribution in [2.45, 2.75) is 26.3 Å². The van der Waals surface area contributed by atoms with Crippen molar-refractivity contribution in [2.24, 2.45) is 11.7 Å². The van der Waals surface area contributed by atoms with Gasteiger partial charge in [-0.1, -0.05) is 0 Å². The molecule has 96 valence electrons. The van der Waals surface area contributed by atoms with E-state index < -0.39 is 0 Å². The van der Waals surface area contributed by atoms with Gasteiger partial charge in [0.05, 0.1) is 12.3 Å². The van der Waals surface area contributed by atoms with Gasteiger partial charge in [-0.2, -0.15) is 0 Å². The standard InChI is InChI=1S/C12H21N3OS/c1-9-11(6-13)17-12(14-9)15(2)7-10-4-3-5-16-8-10/h10H,3-8,13H2,1-2H3. The maximum atomic E-state index is 5.68. The highest BCUT2D eigenvalue weighted by molar-refractivity contribution is 7.15. The van der Waals surface area contributed by atoms with Crippen LogP contribution in [-0.2, 0) is 11.3 Å². The Labute approximate surface area is 107 Å². The largest absolute Gasteiger partial charge is 0.381 e. The van der Waals surface area contributed by atoms with E-state index in [1.165, 1.54) is 17.7 Å². The summed E-state index contributed by atoms with van der Waals surface area (Å²) < 4.78 is 5.51. The predicted molar refractivity (Wildman–Crippen MR) is 71.6 cm³/mol. The van der Waals surface area contributed by atoms with Crippen LogP contribution in [0.3, 0.4) is 0 Å².